The molecule has 5 heteroatoms. The third kappa shape index (κ3) is 3.20. The fourth-order valence-electron chi connectivity index (χ4n) is 3.06. The number of rotatable bonds is 5. The second-order valence-electron chi connectivity index (χ2n) is 7.89. The Hall–Kier alpha value is -2.08. The Balaban J connectivity index is 1.79. The summed E-state index contributed by atoms with van der Waals surface area (Å²) in [6, 6.07) is 19.0. The van der Waals surface area contributed by atoms with Crippen LogP contribution in [0.2, 0.25) is 0 Å². The molecule has 2 aromatic heterocycles. The van der Waals surface area contributed by atoms with E-state index < -0.39 is 11.2 Å². The van der Waals surface area contributed by atoms with Gasteiger partial charge >= 0.3 is 7.48 Å². The molecule has 3 nitrogen and oxygen atoms in total. The molecule has 0 aliphatic heterocycles. The zero-order valence-corrected chi connectivity index (χ0v) is 16.9. The highest BCUT2D eigenvalue weighted by molar-refractivity contribution is 7.12. The van der Waals surface area contributed by atoms with Gasteiger partial charge in [0.25, 0.3) is 0 Å². The van der Waals surface area contributed by atoms with Gasteiger partial charge in [-0.05, 0) is 57.3 Å². The average Bonchev–Trinajstić information content (AvgIpc) is 3.24. The second kappa shape index (κ2) is 6.52. The SMILES string of the molecule is CC(C)(O)C(C)(C)O[B]c1ccc2c(c1)c1ccccc1n2-c1cccs1. The van der Waals surface area contributed by atoms with E-state index in [1.807, 2.05) is 13.8 Å². The molecule has 0 saturated heterocycles. The molecular formula is C22H23BNO2S. The molecule has 137 valence electrons. The van der Waals surface area contributed by atoms with Crippen LogP contribution in [0.25, 0.3) is 26.8 Å². The molecule has 1 radical (unpaired) electrons. The summed E-state index contributed by atoms with van der Waals surface area (Å²) in [5.41, 5.74) is 1.73. The summed E-state index contributed by atoms with van der Waals surface area (Å²) in [5, 5.41) is 16.0. The third-order valence-corrected chi connectivity index (χ3v) is 6.24. The van der Waals surface area contributed by atoms with E-state index in [4.69, 9.17) is 4.65 Å². The van der Waals surface area contributed by atoms with Crippen molar-refractivity contribution in [2.24, 2.45) is 0 Å². The zero-order valence-electron chi connectivity index (χ0n) is 16.1. The average molecular weight is 376 g/mol. The molecular weight excluding hydrogens is 353 g/mol. The molecule has 0 aliphatic rings. The highest BCUT2D eigenvalue weighted by Gasteiger charge is 2.35. The van der Waals surface area contributed by atoms with E-state index in [9.17, 15) is 5.11 Å². The Morgan fingerprint density at radius 3 is 2.37 bits per heavy atom. The van der Waals surface area contributed by atoms with Crippen LogP contribution in [0, 0.1) is 0 Å². The lowest BCUT2D eigenvalue weighted by Gasteiger charge is -2.37. The number of fused-ring (bicyclic) bond motifs is 3. The molecule has 0 saturated carbocycles. The second-order valence-corrected chi connectivity index (χ2v) is 8.81. The fourth-order valence-corrected chi connectivity index (χ4v) is 3.81. The van der Waals surface area contributed by atoms with Crippen LogP contribution in [0.1, 0.15) is 27.7 Å². The summed E-state index contributed by atoms with van der Waals surface area (Å²) >= 11 is 1.73. The van der Waals surface area contributed by atoms with Crippen molar-refractivity contribution in [2.45, 2.75) is 38.9 Å². The lowest BCUT2D eigenvalue weighted by Crippen LogP contribution is -2.49. The van der Waals surface area contributed by atoms with E-state index >= 15 is 0 Å². The number of aromatic nitrogens is 1. The lowest BCUT2D eigenvalue weighted by molar-refractivity contribution is -0.0893. The molecule has 2 heterocycles. The minimum atomic E-state index is -0.942. The van der Waals surface area contributed by atoms with Crippen molar-refractivity contribution < 1.29 is 9.76 Å². The zero-order chi connectivity index (χ0) is 19.2. The van der Waals surface area contributed by atoms with Crippen molar-refractivity contribution in [2.75, 3.05) is 0 Å². The Bertz CT molecular complexity index is 1090. The molecule has 0 spiro atoms. The highest BCUT2D eigenvalue weighted by Crippen LogP contribution is 2.33. The normalized spacial score (nSPS) is 12.8. The highest BCUT2D eigenvalue weighted by atomic mass is 32.1. The Kier molecular flexibility index (Phi) is 4.42. The quantitative estimate of drug-likeness (QED) is 0.515. The Labute approximate surface area is 164 Å². The predicted octanol–water partition coefficient (Wildman–Crippen LogP) is 4.66. The van der Waals surface area contributed by atoms with E-state index in [0.717, 1.165) is 5.46 Å². The predicted molar refractivity (Wildman–Crippen MR) is 116 cm³/mol. The summed E-state index contributed by atoms with van der Waals surface area (Å²) in [6.07, 6.45) is 0. The van der Waals surface area contributed by atoms with Crippen LogP contribution in [0.3, 0.4) is 0 Å². The van der Waals surface area contributed by atoms with E-state index in [2.05, 4.69) is 64.5 Å². The van der Waals surface area contributed by atoms with Crippen LogP contribution >= 0.6 is 11.3 Å². The number of thiophene rings is 1. The summed E-state index contributed by atoms with van der Waals surface area (Å²) in [5.74, 6) is 0. The fraction of sp³-hybridized carbons (Fsp3) is 0.273. The summed E-state index contributed by atoms with van der Waals surface area (Å²) in [7, 11) is 1.74. The van der Waals surface area contributed by atoms with Crippen LogP contribution in [0.5, 0.6) is 0 Å². The first-order valence-corrected chi connectivity index (χ1v) is 9.96. The molecule has 4 rings (SSSR count). The molecule has 0 atom stereocenters. The number of benzene rings is 2. The topological polar surface area (TPSA) is 34.4 Å². The van der Waals surface area contributed by atoms with Gasteiger partial charge in [0.2, 0.25) is 0 Å². The number of hydrogen-bond donors (Lipinski definition) is 1. The number of nitrogens with zero attached hydrogens (tertiary/aromatic N) is 1. The number of hydrogen-bond acceptors (Lipinski definition) is 3. The monoisotopic (exact) mass is 376 g/mol. The molecule has 0 unspecified atom stereocenters. The van der Waals surface area contributed by atoms with Crippen molar-refractivity contribution >= 4 is 46.1 Å². The van der Waals surface area contributed by atoms with Gasteiger partial charge in [0.1, 0.15) is 0 Å². The number of para-hydroxylation sites is 1. The first-order valence-electron chi connectivity index (χ1n) is 9.08. The van der Waals surface area contributed by atoms with E-state index in [0.29, 0.717) is 0 Å². The van der Waals surface area contributed by atoms with Crippen LogP contribution in [-0.2, 0) is 4.65 Å². The lowest BCUT2D eigenvalue weighted by atomic mass is 9.82. The molecule has 0 bridgehead atoms. The van der Waals surface area contributed by atoms with Crippen molar-refractivity contribution in [3.63, 3.8) is 0 Å². The largest absolute Gasteiger partial charge is 0.427 e. The van der Waals surface area contributed by atoms with Crippen molar-refractivity contribution in [1.29, 1.82) is 0 Å². The van der Waals surface area contributed by atoms with Gasteiger partial charge in [0.15, 0.2) is 0 Å². The molecule has 0 aliphatic carbocycles. The molecule has 2 aromatic carbocycles. The third-order valence-electron chi connectivity index (χ3n) is 5.39. The van der Waals surface area contributed by atoms with Crippen LogP contribution in [0.15, 0.2) is 60.0 Å². The maximum Gasteiger partial charge on any atom is 0.330 e. The minimum absolute atomic E-state index is 0.688. The van der Waals surface area contributed by atoms with Gasteiger partial charge in [0.05, 0.1) is 27.2 Å². The van der Waals surface area contributed by atoms with Crippen LogP contribution in [-0.4, -0.2) is 28.4 Å². The van der Waals surface area contributed by atoms with Gasteiger partial charge in [-0.2, -0.15) is 0 Å². The van der Waals surface area contributed by atoms with Crippen LogP contribution in [0.4, 0.5) is 0 Å². The van der Waals surface area contributed by atoms with Crippen molar-refractivity contribution in [3.05, 3.63) is 60.0 Å². The van der Waals surface area contributed by atoms with Crippen LogP contribution < -0.4 is 5.46 Å². The Morgan fingerprint density at radius 1 is 0.926 bits per heavy atom. The van der Waals surface area contributed by atoms with Crippen molar-refractivity contribution in [3.8, 4) is 5.00 Å². The van der Waals surface area contributed by atoms with Gasteiger partial charge in [-0.1, -0.05) is 35.8 Å². The molecule has 1 N–H and O–H groups in total. The summed E-state index contributed by atoms with van der Waals surface area (Å²) < 4.78 is 8.25. The maximum atomic E-state index is 10.3. The van der Waals surface area contributed by atoms with Gasteiger partial charge < -0.3 is 14.3 Å². The van der Waals surface area contributed by atoms with Gasteiger partial charge in [-0.25, -0.2) is 0 Å². The summed E-state index contributed by atoms with van der Waals surface area (Å²) in [6.45, 7) is 7.31. The van der Waals surface area contributed by atoms with Gasteiger partial charge in [-0.3, -0.25) is 0 Å². The number of aliphatic hydroxyl groups is 1. The summed E-state index contributed by atoms with van der Waals surface area (Å²) in [4.78, 5) is 0. The first kappa shape index (κ1) is 18.3. The molecule has 27 heavy (non-hydrogen) atoms. The molecule has 0 fully saturated rings. The minimum Gasteiger partial charge on any atom is -0.427 e. The molecule has 4 aromatic rings. The van der Waals surface area contributed by atoms with E-state index in [1.165, 1.54) is 26.8 Å². The first-order chi connectivity index (χ1) is 12.8. The standard InChI is InChI=1S/C22H23BNO2S/c1-21(2,25)22(3,4)26-23-15-11-12-19-17(14-15)16-8-5-6-9-18(16)24(19)20-10-7-13-27-20/h5-14,25H,1-4H3. The van der Waals surface area contributed by atoms with Gasteiger partial charge in [-0.15, -0.1) is 11.3 Å². The van der Waals surface area contributed by atoms with Crippen molar-refractivity contribution in [1.82, 2.24) is 4.57 Å². The maximum absolute atomic E-state index is 10.3. The van der Waals surface area contributed by atoms with Gasteiger partial charge in [0, 0.05) is 10.8 Å². The smallest absolute Gasteiger partial charge is 0.330 e. The van der Waals surface area contributed by atoms with E-state index in [1.54, 1.807) is 32.7 Å². The Morgan fingerprint density at radius 2 is 1.67 bits per heavy atom. The molecule has 0 amide bonds. The van der Waals surface area contributed by atoms with E-state index in [-0.39, 0.29) is 0 Å².